The molecule has 1 heterocycles. The number of halogens is 6. The van der Waals surface area contributed by atoms with Gasteiger partial charge in [-0.2, -0.15) is 26.3 Å². The number of aliphatic hydroxyl groups is 1. The van der Waals surface area contributed by atoms with Crippen LogP contribution < -0.4 is 0 Å². The number of aliphatic hydroxyl groups excluding tert-OH is 1. The minimum absolute atomic E-state index is 0.00308. The maximum atomic E-state index is 12.8. The average molecular weight is 276 g/mol. The van der Waals surface area contributed by atoms with Crippen LogP contribution in [0.1, 0.15) is 12.8 Å². The van der Waals surface area contributed by atoms with Gasteiger partial charge in [0.2, 0.25) is 0 Å². The number of rotatable bonds is 0. The highest BCUT2D eigenvalue weighted by molar-refractivity contribution is 5.20. The molecule has 8 heteroatoms. The minimum Gasteiger partial charge on any atom is -0.393 e. The van der Waals surface area contributed by atoms with E-state index in [1.54, 1.807) is 0 Å². The molecule has 0 spiro atoms. The molecule has 0 aromatic rings. The molecule has 3 fully saturated rings. The molecule has 1 aliphatic heterocycles. The van der Waals surface area contributed by atoms with Crippen molar-refractivity contribution in [2.45, 2.75) is 43.0 Å². The SMILES string of the molecule is OC1C[C@H]2C[C@@H]1C1OC(C(F)(F)F)(C(F)(F)F)C12. The zero-order valence-corrected chi connectivity index (χ0v) is 8.92. The Kier molecular flexibility index (Phi) is 2.19. The van der Waals surface area contributed by atoms with E-state index in [9.17, 15) is 31.4 Å². The lowest BCUT2D eigenvalue weighted by Gasteiger charge is -2.57. The molecule has 104 valence electrons. The summed E-state index contributed by atoms with van der Waals surface area (Å²) in [5, 5.41) is 9.47. The van der Waals surface area contributed by atoms with Gasteiger partial charge in [0.25, 0.3) is 5.60 Å². The molecule has 2 saturated carbocycles. The Balaban J connectivity index is 1.98. The van der Waals surface area contributed by atoms with Gasteiger partial charge in [-0.1, -0.05) is 0 Å². The summed E-state index contributed by atoms with van der Waals surface area (Å²) in [5.41, 5.74) is -4.02. The number of fused-ring (bicyclic) bond motifs is 5. The smallest absolute Gasteiger partial charge is 0.393 e. The van der Waals surface area contributed by atoms with Gasteiger partial charge in [-0.25, -0.2) is 0 Å². The van der Waals surface area contributed by atoms with Gasteiger partial charge in [-0.05, 0) is 18.8 Å². The molecule has 0 aromatic carbocycles. The van der Waals surface area contributed by atoms with Crippen LogP contribution >= 0.6 is 0 Å². The lowest BCUT2D eigenvalue weighted by atomic mass is 9.67. The van der Waals surface area contributed by atoms with Crippen molar-refractivity contribution in [1.82, 2.24) is 0 Å². The van der Waals surface area contributed by atoms with Crippen molar-refractivity contribution >= 4 is 0 Å². The summed E-state index contributed by atoms with van der Waals surface area (Å²) >= 11 is 0. The van der Waals surface area contributed by atoms with Gasteiger partial charge in [0.15, 0.2) is 0 Å². The molecular weight excluding hydrogens is 266 g/mol. The molecule has 0 radical (unpaired) electrons. The van der Waals surface area contributed by atoms with Crippen LogP contribution in [0.3, 0.4) is 0 Å². The normalized spacial score (nSPS) is 45.8. The van der Waals surface area contributed by atoms with Crippen molar-refractivity contribution in [2.24, 2.45) is 17.8 Å². The predicted molar refractivity (Wildman–Crippen MR) is 45.4 cm³/mol. The highest BCUT2D eigenvalue weighted by atomic mass is 19.4. The summed E-state index contributed by atoms with van der Waals surface area (Å²) in [6.45, 7) is 0. The number of alkyl halides is 6. The fourth-order valence-corrected chi connectivity index (χ4v) is 3.89. The Labute approximate surface area is 97.9 Å². The molecule has 1 N–H and O–H groups in total. The average Bonchev–Trinajstić information content (AvgIpc) is 2.50. The van der Waals surface area contributed by atoms with E-state index >= 15 is 0 Å². The van der Waals surface area contributed by atoms with Crippen molar-refractivity contribution < 1.29 is 36.2 Å². The third kappa shape index (κ3) is 1.18. The molecule has 1 saturated heterocycles. The summed E-state index contributed by atoms with van der Waals surface area (Å²) in [5.74, 6) is -2.93. The van der Waals surface area contributed by atoms with Crippen LogP contribution in [0.2, 0.25) is 0 Å². The van der Waals surface area contributed by atoms with E-state index in [4.69, 9.17) is 0 Å². The number of ether oxygens (including phenoxy) is 1. The Morgan fingerprint density at radius 1 is 1.00 bits per heavy atom. The first-order chi connectivity index (χ1) is 8.09. The van der Waals surface area contributed by atoms with Crippen molar-refractivity contribution in [3.63, 3.8) is 0 Å². The van der Waals surface area contributed by atoms with Gasteiger partial charge in [0, 0.05) is 11.8 Å². The Morgan fingerprint density at radius 2 is 1.56 bits per heavy atom. The standard InChI is InChI=1S/C10H10F6O2/c11-9(12,13)8(10(14,15)16)6-3-1-4(5(17)2-3)7(6)18-8/h3-7,17H,1-2H2/t3-,4+,5?,6?,7?/m1/s1. The van der Waals surface area contributed by atoms with Crippen LogP contribution in [0.5, 0.6) is 0 Å². The van der Waals surface area contributed by atoms with Crippen LogP contribution in [0, 0.1) is 17.8 Å². The monoisotopic (exact) mass is 276 g/mol. The van der Waals surface area contributed by atoms with Gasteiger partial charge >= 0.3 is 12.4 Å². The lowest BCUT2D eigenvalue weighted by Crippen LogP contribution is -2.76. The molecule has 3 rings (SSSR count). The Hall–Kier alpha value is -0.500. The van der Waals surface area contributed by atoms with Crippen LogP contribution in [-0.4, -0.2) is 35.3 Å². The van der Waals surface area contributed by atoms with Crippen LogP contribution in [-0.2, 0) is 4.74 Å². The maximum Gasteiger partial charge on any atom is 0.426 e. The number of hydrogen-bond donors (Lipinski definition) is 1. The largest absolute Gasteiger partial charge is 0.426 e. The zero-order chi connectivity index (χ0) is 13.5. The molecule has 18 heavy (non-hydrogen) atoms. The van der Waals surface area contributed by atoms with E-state index in [1.165, 1.54) is 0 Å². The molecule has 0 amide bonds. The van der Waals surface area contributed by atoms with E-state index in [1.807, 2.05) is 0 Å². The topological polar surface area (TPSA) is 29.5 Å². The second-order valence-electron chi connectivity index (χ2n) is 5.30. The van der Waals surface area contributed by atoms with Gasteiger partial charge < -0.3 is 9.84 Å². The van der Waals surface area contributed by atoms with E-state index in [-0.39, 0.29) is 12.8 Å². The third-order valence-corrected chi connectivity index (χ3v) is 4.53. The Bertz CT molecular complexity index is 360. The summed E-state index contributed by atoms with van der Waals surface area (Å²) < 4.78 is 81.1. The van der Waals surface area contributed by atoms with Crippen molar-refractivity contribution in [3.05, 3.63) is 0 Å². The maximum absolute atomic E-state index is 12.8. The summed E-state index contributed by atoms with van der Waals surface area (Å²) in [6.07, 6.45) is -12.7. The van der Waals surface area contributed by atoms with E-state index in [0.29, 0.717) is 0 Å². The third-order valence-electron chi connectivity index (χ3n) is 4.53. The molecular formula is C10H10F6O2. The lowest BCUT2D eigenvalue weighted by molar-refractivity contribution is -0.473. The predicted octanol–water partition coefficient (Wildman–Crippen LogP) is 2.27. The second kappa shape index (κ2) is 3.15. The molecule has 5 atom stereocenters. The van der Waals surface area contributed by atoms with Crippen molar-refractivity contribution in [3.8, 4) is 0 Å². The van der Waals surface area contributed by atoms with Crippen LogP contribution in [0.15, 0.2) is 0 Å². The first kappa shape index (κ1) is 12.5. The van der Waals surface area contributed by atoms with E-state index < -0.39 is 47.9 Å². The fraction of sp³-hybridized carbons (Fsp3) is 1.00. The zero-order valence-electron chi connectivity index (χ0n) is 8.92. The van der Waals surface area contributed by atoms with Crippen LogP contribution in [0.4, 0.5) is 26.3 Å². The second-order valence-corrected chi connectivity index (χ2v) is 5.30. The first-order valence-corrected chi connectivity index (χ1v) is 5.59. The highest BCUT2D eigenvalue weighted by Crippen LogP contribution is 2.69. The molecule has 2 aliphatic carbocycles. The van der Waals surface area contributed by atoms with E-state index in [0.717, 1.165) is 0 Å². The molecule has 3 aliphatic rings. The molecule has 3 unspecified atom stereocenters. The van der Waals surface area contributed by atoms with Crippen LogP contribution in [0.25, 0.3) is 0 Å². The quantitative estimate of drug-likeness (QED) is 0.688. The summed E-state index contributed by atoms with van der Waals surface area (Å²) in [6, 6.07) is 0. The van der Waals surface area contributed by atoms with Gasteiger partial charge in [0.05, 0.1) is 12.2 Å². The fourth-order valence-electron chi connectivity index (χ4n) is 3.89. The van der Waals surface area contributed by atoms with Gasteiger partial charge in [-0.3, -0.25) is 0 Å². The van der Waals surface area contributed by atoms with Gasteiger partial charge in [0.1, 0.15) is 0 Å². The molecule has 2 nitrogen and oxygen atoms in total. The summed E-state index contributed by atoms with van der Waals surface area (Å²) in [7, 11) is 0. The number of hydrogen-bond acceptors (Lipinski definition) is 2. The van der Waals surface area contributed by atoms with Crippen molar-refractivity contribution in [2.75, 3.05) is 0 Å². The summed E-state index contributed by atoms with van der Waals surface area (Å²) in [4.78, 5) is 0. The van der Waals surface area contributed by atoms with Gasteiger partial charge in [-0.15, -0.1) is 0 Å². The van der Waals surface area contributed by atoms with Crippen molar-refractivity contribution in [1.29, 1.82) is 0 Å². The molecule has 2 bridgehead atoms. The Morgan fingerprint density at radius 3 is 2.00 bits per heavy atom. The molecule has 0 aromatic heterocycles. The minimum atomic E-state index is -5.47. The first-order valence-electron chi connectivity index (χ1n) is 5.59. The highest BCUT2D eigenvalue weighted by Gasteiger charge is 2.86. The van der Waals surface area contributed by atoms with E-state index in [2.05, 4.69) is 4.74 Å².